The number of hydrogen-bond acceptors (Lipinski definition) is 9. The first-order valence-corrected chi connectivity index (χ1v) is 10.9. The fraction of sp³-hybridized carbons (Fsp3) is 0.429. The lowest BCUT2D eigenvalue weighted by Gasteiger charge is -2.18. The molecule has 1 fully saturated rings. The van der Waals surface area contributed by atoms with Gasteiger partial charge in [0.15, 0.2) is 0 Å². The number of aryl methyl sites for hydroxylation is 3. The van der Waals surface area contributed by atoms with E-state index in [4.69, 9.17) is 4.74 Å². The predicted molar refractivity (Wildman–Crippen MR) is 116 cm³/mol. The summed E-state index contributed by atoms with van der Waals surface area (Å²) in [5.74, 6) is -0.475. The van der Waals surface area contributed by atoms with Crippen LogP contribution in [0.4, 0.5) is 10.8 Å². The van der Waals surface area contributed by atoms with Crippen molar-refractivity contribution < 1.29 is 14.6 Å². The Labute approximate surface area is 184 Å². The first kappa shape index (κ1) is 21.1. The van der Waals surface area contributed by atoms with Crippen LogP contribution in [0.1, 0.15) is 51.8 Å². The standard InChI is InChI=1S/C21H24N6O3S/c1-5-14-7-18(24-19(23-14)20(28)29)30-10-13-6-15(13)16-8-17(11(2)9-22-16)27(4)21-26-25-12(3)31-21/h7-9,13,15H,5-6,10H2,1-4H3,(H,28,29)/t13-,15+/m0/s1. The zero-order valence-corrected chi connectivity index (χ0v) is 18.7. The van der Waals surface area contributed by atoms with E-state index in [0.29, 0.717) is 36.4 Å². The molecule has 3 aromatic rings. The van der Waals surface area contributed by atoms with Crippen molar-refractivity contribution in [1.29, 1.82) is 0 Å². The summed E-state index contributed by atoms with van der Waals surface area (Å²) in [6.45, 7) is 6.34. The van der Waals surface area contributed by atoms with Gasteiger partial charge >= 0.3 is 5.97 Å². The number of aromatic carboxylic acids is 1. The first-order chi connectivity index (χ1) is 14.9. The van der Waals surface area contributed by atoms with Crippen LogP contribution < -0.4 is 9.64 Å². The minimum Gasteiger partial charge on any atom is -0.477 e. The van der Waals surface area contributed by atoms with Crippen LogP contribution in [0.2, 0.25) is 0 Å². The first-order valence-electron chi connectivity index (χ1n) is 10.1. The smallest absolute Gasteiger partial charge is 0.374 e. The molecule has 1 aliphatic rings. The summed E-state index contributed by atoms with van der Waals surface area (Å²) in [4.78, 5) is 25.9. The van der Waals surface area contributed by atoms with E-state index < -0.39 is 5.97 Å². The number of aromatic nitrogens is 5. The Morgan fingerprint density at radius 1 is 1.29 bits per heavy atom. The van der Waals surface area contributed by atoms with Crippen LogP contribution in [-0.4, -0.2) is 49.9 Å². The molecule has 4 rings (SSSR count). The second-order valence-electron chi connectivity index (χ2n) is 7.65. The van der Waals surface area contributed by atoms with Gasteiger partial charge in [0, 0.05) is 48.2 Å². The van der Waals surface area contributed by atoms with Gasteiger partial charge in [-0.05, 0) is 38.3 Å². The Hall–Kier alpha value is -3.14. The molecule has 2 atom stereocenters. The number of carboxylic acids is 1. The highest BCUT2D eigenvalue weighted by molar-refractivity contribution is 7.15. The number of nitrogens with zero attached hydrogens (tertiary/aromatic N) is 6. The lowest BCUT2D eigenvalue weighted by Crippen LogP contribution is -2.12. The van der Waals surface area contributed by atoms with Crippen molar-refractivity contribution in [3.05, 3.63) is 46.1 Å². The molecule has 3 heterocycles. The molecule has 10 heteroatoms. The topological polar surface area (TPSA) is 114 Å². The van der Waals surface area contributed by atoms with Crippen molar-refractivity contribution in [2.45, 2.75) is 39.5 Å². The fourth-order valence-electron chi connectivity index (χ4n) is 3.43. The molecule has 0 spiro atoms. The summed E-state index contributed by atoms with van der Waals surface area (Å²) in [6.07, 6.45) is 3.47. The van der Waals surface area contributed by atoms with Crippen molar-refractivity contribution in [3.8, 4) is 5.88 Å². The minimum absolute atomic E-state index is 0.235. The minimum atomic E-state index is -1.16. The van der Waals surface area contributed by atoms with E-state index in [1.807, 2.05) is 38.9 Å². The molecule has 0 aliphatic heterocycles. The summed E-state index contributed by atoms with van der Waals surface area (Å²) < 4.78 is 5.82. The fourth-order valence-corrected chi connectivity index (χ4v) is 4.09. The van der Waals surface area contributed by atoms with Gasteiger partial charge in [-0.1, -0.05) is 18.3 Å². The Kier molecular flexibility index (Phi) is 5.81. The van der Waals surface area contributed by atoms with E-state index in [0.717, 1.165) is 33.5 Å². The Balaban J connectivity index is 1.44. The van der Waals surface area contributed by atoms with Crippen LogP contribution >= 0.6 is 11.3 Å². The average molecular weight is 441 g/mol. The number of rotatable bonds is 8. The van der Waals surface area contributed by atoms with Gasteiger partial charge in [-0.15, -0.1) is 10.2 Å². The maximum atomic E-state index is 11.2. The summed E-state index contributed by atoms with van der Waals surface area (Å²) in [5, 5.41) is 19.3. The number of anilines is 2. The van der Waals surface area contributed by atoms with Crippen molar-refractivity contribution >= 4 is 28.1 Å². The molecular weight excluding hydrogens is 416 g/mol. The van der Waals surface area contributed by atoms with Crippen LogP contribution in [0.25, 0.3) is 0 Å². The molecule has 31 heavy (non-hydrogen) atoms. The maximum Gasteiger partial charge on any atom is 0.374 e. The third kappa shape index (κ3) is 4.63. The Morgan fingerprint density at radius 2 is 2.10 bits per heavy atom. The molecule has 0 unspecified atom stereocenters. The monoisotopic (exact) mass is 440 g/mol. The highest BCUT2D eigenvalue weighted by Crippen LogP contribution is 2.47. The summed E-state index contributed by atoms with van der Waals surface area (Å²) >= 11 is 1.55. The van der Waals surface area contributed by atoms with Gasteiger partial charge < -0.3 is 14.7 Å². The number of hydrogen-bond donors (Lipinski definition) is 1. The molecule has 162 valence electrons. The Bertz CT molecular complexity index is 1120. The molecule has 0 aromatic carbocycles. The third-order valence-corrected chi connectivity index (χ3v) is 6.23. The molecule has 0 bridgehead atoms. The highest BCUT2D eigenvalue weighted by Gasteiger charge is 2.40. The summed E-state index contributed by atoms with van der Waals surface area (Å²) in [6, 6.07) is 3.81. The normalized spacial score (nSPS) is 17.4. The molecule has 0 saturated heterocycles. The van der Waals surface area contributed by atoms with Crippen LogP contribution in [0, 0.1) is 19.8 Å². The zero-order valence-electron chi connectivity index (χ0n) is 17.9. The van der Waals surface area contributed by atoms with E-state index in [9.17, 15) is 9.90 Å². The van der Waals surface area contributed by atoms with Crippen LogP contribution in [-0.2, 0) is 6.42 Å². The largest absolute Gasteiger partial charge is 0.477 e. The molecule has 1 N–H and O–H groups in total. The molecule has 3 aromatic heterocycles. The van der Waals surface area contributed by atoms with Gasteiger partial charge in [0.25, 0.3) is 0 Å². The van der Waals surface area contributed by atoms with Gasteiger partial charge in [-0.25, -0.2) is 9.78 Å². The van der Waals surface area contributed by atoms with E-state index in [-0.39, 0.29) is 5.82 Å². The predicted octanol–water partition coefficient (Wildman–Crippen LogP) is 3.55. The molecule has 0 radical (unpaired) electrons. The quantitative estimate of drug-likeness (QED) is 0.561. The van der Waals surface area contributed by atoms with Gasteiger partial charge in [0.1, 0.15) is 5.01 Å². The second-order valence-corrected chi connectivity index (χ2v) is 8.81. The maximum absolute atomic E-state index is 11.2. The summed E-state index contributed by atoms with van der Waals surface area (Å²) in [5.41, 5.74) is 3.80. The number of ether oxygens (including phenoxy) is 1. The lowest BCUT2D eigenvalue weighted by atomic mass is 10.1. The number of carboxylic acid groups (broad SMARTS) is 1. The summed E-state index contributed by atoms with van der Waals surface area (Å²) in [7, 11) is 1.99. The van der Waals surface area contributed by atoms with E-state index in [2.05, 4.69) is 31.2 Å². The lowest BCUT2D eigenvalue weighted by molar-refractivity contribution is 0.0681. The number of carbonyl (C=O) groups is 1. The van der Waals surface area contributed by atoms with E-state index >= 15 is 0 Å². The average Bonchev–Trinajstić information content (AvgIpc) is 3.41. The van der Waals surface area contributed by atoms with Gasteiger partial charge in [-0.3, -0.25) is 4.98 Å². The molecule has 1 saturated carbocycles. The van der Waals surface area contributed by atoms with E-state index in [1.165, 1.54) is 0 Å². The van der Waals surface area contributed by atoms with Crippen LogP contribution in [0.15, 0.2) is 18.3 Å². The van der Waals surface area contributed by atoms with Crippen molar-refractivity contribution in [1.82, 2.24) is 25.1 Å². The van der Waals surface area contributed by atoms with Crippen LogP contribution in [0.3, 0.4) is 0 Å². The van der Waals surface area contributed by atoms with Gasteiger partial charge in [-0.2, -0.15) is 4.98 Å². The molecule has 9 nitrogen and oxygen atoms in total. The van der Waals surface area contributed by atoms with Crippen molar-refractivity contribution in [2.75, 3.05) is 18.6 Å². The second kappa shape index (κ2) is 8.54. The van der Waals surface area contributed by atoms with Crippen molar-refractivity contribution in [2.24, 2.45) is 5.92 Å². The van der Waals surface area contributed by atoms with Crippen molar-refractivity contribution in [3.63, 3.8) is 0 Å². The molecule has 0 amide bonds. The van der Waals surface area contributed by atoms with E-state index in [1.54, 1.807) is 17.4 Å². The van der Waals surface area contributed by atoms with Gasteiger partial charge in [0.2, 0.25) is 16.8 Å². The van der Waals surface area contributed by atoms with Crippen LogP contribution in [0.5, 0.6) is 5.88 Å². The zero-order chi connectivity index (χ0) is 22.1. The highest BCUT2D eigenvalue weighted by atomic mass is 32.1. The number of pyridine rings is 1. The third-order valence-electron chi connectivity index (χ3n) is 5.32. The Morgan fingerprint density at radius 3 is 2.77 bits per heavy atom. The SMILES string of the molecule is CCc1cc(OC[C@@H]2C[C@H]2c2cc(N(C)c3nnc(C)s3)c(C)cn2)nc(C(=O)O)n1. The molecule has 1 aliphatic carbocycles. The van der Waals surface area contributed by atoms with Gasteiger partial charge in [0.05, 0.1) is 6.61 Å². The molecular formula is C21H24N6O3S.